The number of amides is 1. The molecule has 25 heavy (non-hydrogen) atoms. The number of nitrogens with zero attached hydrogens (tertiary/aromatic N) is 3. The number of hydrogen-bond acceptors (Lipinski definition) is 5. The lowest BCUT2D eigenvalue weighted by Crippen LogP contribution is -2.38. The highest BCUT2D eigenvalue weighted by Crippen LogP contribution is 2.23. The van der Waals surface area contributed by atoms with Crippen LogP contribution in [0.5, 0.6) is 0 Å². The van der Waals surface area contributed by atoms with Gasteiger partial charge in [-0.15, -0.1) is 10.2 Å². The van der Waals surface area contributed by atoms with Crippen molar-refractivity contribution < 1.29 is 9.18 Å². The fourth-order valence-electron chi connectivity index (χ4n) is 3.38. The molecule has 1 aliphatic rings. The van der Waals surface area contributed by atoms with Crippen molar-refractivity contribution in [3.8, 4) is 0 Å². The zero-order valence-corrected chi connectivity index (χ0v) is 15.4. The summed E-state index contributed by atoms with van der Waals surface area (Å²) in [6.45, 7) is 7.77. The summed E-state index contributed by atoms with van der Waals surface area (Å²) in [6.07, 6.45) is 1.27. The van der Waals surface area contributed by atoms with Crippen LogP contribution in [-0.2, 0) is 13.1 Å². The molecule has 7 heteroatoms. The summed E-state index contributed by atoms with van der Waals surface area (Å²) in [7, 11) is 0. The number of piperidine rings is 1. The molecule has 0 unspecified atom stereocenters. The first-order valence-corrected chi connectivity index (χ1v) is 9.38. The molecule has 1 fully saturated rings. The van der Waals surface area contributed by atoms with Crippen LogP contribution in [0.2, 0.25) is 0 Å². The first-order valence-electron chi connectivity index (χ1n) is 8.57. The van der Waals surface area contributed by atoms with E-state index in [0.29, 0.717) is 23.4 Å². The largest absolute Gasteiger partial charge is 0.346 e. The number of halogens is 1. The monoisotopic (exact) mass is 362 g/mol. The third-order valence-electron chi connectivity index (χ3n) is 4.33. The third kappa shape index (κ3) is 5.06. The predicted molar refractivity (Wildman–Crippen MR) is 95.7 cm³/mol. The highest BCUT2D eigenvalue weighted by molar-refractivity contribution is 7.13. The molecule has 1 saturated heterocycles. The van der Waals surface area contributed by atoms with Crippen molar-refractivity contribution in [2.75, 3.05) is 13.1 Å². The summed E-state index contributed by atoms with van der Waals surface area (Å²) in [5.74, 6) is 0.851. The molecule has 1 amide bonds. The van der Waals surface area contributed by atoms with Gasteiger partial charge in [-0.2, -0.15) is 0 Å². The number of aromatic nitrogens is 2. The van der Waals surface area contributed by atoms with Crippen LogP contribution in [0.15, 0.2) is 24.3 Å². The average Bonchev–Trinajstić information content (AvgIpc) is 3.01. The molecule has 0 bridgehead atoms. The van der Waals surface area contributed by atoms with Crippen molar-refractivity contribution >= 4 is 17.2 Å². The van der Waals surface area contributed by atoms with Crippen molar-refractivity contribution in [3.63, 3.8) is 0 Å². The minimum Gasteiger partial charge on any atom is -0.346 e. The summed E-state index contributed by atoms with van der Waals surface area (Å²) >= 11 is 1.34. The van der Waals surface area contributed by atoms with Gasteiger partial charge in [0.2, 0.25) is 5.01 Å². The van der Waals surface area contributed by atoms with Crippen LogP contribution in [-0.4, -0.2) is 34.1 Å². The van der Waals surface area contributed by atoms with E-state index in [1.54, 1.807) is 12.1 Å². The molecule has 2 atom stereocenters. The molecule has 0 aliphatic carbocycles. The average molecular weight is 362 g/mol. The molecular formula is C18H23FN4OS. The Morgan fingerprint density at radius 3 is 2.60 bits per heavy atom. The Labute approximate surface area is 151 Å². The number of benzene rings is 1. The standard InChI is InChI=1S/C18H23FN4OS/c1-12-7-13(2)10-23(9-12)11-16-21-22-18(25-16)17(24)20-8-14-3-5-15(19)6-4-14/h3-6,12-13H,7-11H2,1-2H3,(H,20,24)/t12-,13-/m1/s1. The fraction of sp³-hybridized carbons (Fsp3) is 0.500. The topological polar surface area (TPSA) is 58.1 Å². The van der Waals surface area contributed by atoms with Crippen LogP contribution < -0.4 is 5.32 Å². The minimum absolute atomic E-state index is 0.242. The van der Waals surface area contributed by atoms with Crippen LogP contribution in [0.1, 0.15) is 40.6 Å². The van der Waals surface area contributed by atoms with Gasteiger partial charge in [0.25, 0.3) is 5.91 Å². The third-order valence-corrected chi connectivity index (χ3v) is 5.24. The number of carbonyl (C=O) groups excluding carboxylic acids is 1. The van der Waals surface area contributed by atoms with E-state index in [0.717, 1.165) is 30.2 Å². The molecule has 1 aromatic heterocycles. The molecule has 3 rings (SSSR count). The molecule has 1 N–H and O–H groups in total. The van der Waals surface area contributed by atoms with E-state index in [1.165, 1.54) is 29.9 Å². The minimum atomic E-state index is -0.287. The summed E-state index contributed by atoms with van der Waals surface area (Å²) in [5.41, 5.74) is 0.843. The van der Waals surface area contributed by atoms with E-state index in [9.17, 15) is 9.18 Å². The molecule has 2 heterocycles. The number of carbonyl (C=O) groups is 1. The number of rotatable bonds is 5. The number of nitrogens with one attached hydrogen (secondary N) is 1. The lowest BCUT2D eigenvalue weighted by atomic mass is 9.92. The van der Waals surface area contributed by atoms with Crippen molar-refractivity contribution in [3.05, 3.63) is 45.7 Å². The number of hydrogen-bond donors (Lipinski definition) is 1. The second kappa shape index (κ2) is 8.01. The fourth-order valence-corrected chi connectivity index (χ4v) is 4.18. The van der Waals surface area contributed by atoms with Gasteiger partial charge >= 0.3 is 0 Å². The predicted octanol–water partition coefficient (Wildman–Crippen LogP) is 3.09. The van der Waals surface area contributed by atoms with Gasteiger partial charge < -0.3 is 5.32 Å². The molecule has 0 saturated carbocycles. The maximum atomic E-state index is 12.9. The number of likely N-dealkylation sites (tertiary alicyclic amines) is 1. The molecule has 2 aromatic rings. The zero-order valence-electron chi connectivity index (χ0n) is 14.5. The first-order chi connectivity index (χ1) is 12.0. The van der Waals surface area contributed by atoms with Gasteiger partial charge in [0.1, 0.15) is 10.8 Å². The first kappa shape index (κ1) is 17.9. The summed E-state index contributed by atoms with van der Waals surface area (Å²) in [6, 6.07) is 6.07. The Hall–Kier alpha value is -1.86. The Morgan fingerprint density at radius 1 is 1.24 bits per heavy atom. The SMILES string of the molecule is C[C@@H]1C[C@@H](C)CN(Cc2nnc(C(=O)NCc3ccc(F)cc3)s2)C1. The van der Waals surface area contributed by atoms with E-state index >= 15 is 0 Å². The quantitative estimate of drug-likeness (QED) is 0.888. The molecular weight excluding hydrogens is 339 g/mol. The second-order valence-corrected chi connectivity index (χ2v) is 8.01. The highest BCUT2D eigenvalue weighted by atomic mass is 32.1. The van der Waals surface area contributed by atoms with E-state index in [4.69, 9.17) is 0 Å². The molecule has 134 valence electrons. The summed E-state index contributed by atoms with van der Waals surface area (Å²) < 4.78 is 12.9. The van der Waals surface area contributed by atoms with Crippen LogP contribution >= 0.6 is 11.3 Å². The van der Waals surface area contributed by atoms with Crippen LogP contribution in [0.3, 0.4) is 0 Å². The molecule has 0 spiro atoms. The van der Waals surface area contributed by atoms with Crippen molar-refractivity contribution in [2.45, 2.75) is 33.4 Å². The zero-order chi connectivity index (χ0) is 17.8. The van der Waals surface area contributed by atoms with Crippen molar-refractivity contribution in [1.82, 2.24) is 20.4 Å². The van der Waals surface area contributed by atoms with Gasteiger partial charge in [0.15, 0.2) is 0 Å². The Bertz CT molecular complexity index is 708. The summed E-state index contributed by atoms with van der Waals surface area (Å²) in [4.78, 5) is 14.6. The van der Waals surface area contributed by atoms with E-state index in [2.05, 4.69) is 34.3 Å². The maximum Gasteiger partial charge on any atom is 0.282 e. The van der Waals surface area contributed by atoms with Gasteiger partial charge in [-0.05, 0) is 36.0 Å². The van der Waals surface area contributed by atoms with Crippen LogP contribution in [0.4, 0.5) is 4.39 Å². The Morgan fingerprint density at radius 2 is 1.92 bits per heavy atom. The van der Waals surface area contributed by atoms with Crippen LogP contribution in [0, 0.1) is 17.7 Å². The maximum absolute atomic E-state index is 12.9. The van der Waals surface area contributed by atoms with Gasteiger partial charge in [0, 0.05) is 19.6 Å². The van der Waals surface area contributed by atoms with Crippen LogP contribution in [0.25, 0.3) is 0 Å². The molecule has 1 aliphatic heterocycles. The van der Waals surface area contributed by atoms with Crippen molar-refractivity contribution in [2.24, 2.45) is 11.8 Å². The lowest BCUT2D eigenvalue weighted by Gasteiger charge is -2.34. The lowest BCUT2D eigenvalue weighted by molar-refractivity contribution is 0.0950. The second-order valence-electron chi connectivity index (χ2n) is 6.95. The van der Waals surface area contributed by atoms with Gasteiger partial charge in [0.05, 0.1) is 6.54 Å². The normalized spacial score (nSPS) is 21.2. The van der Waals surface area contributed by atoms with E-state index in [1.807, 2.05) is 0 Å². The van der Waals surface area contributed by atoms with E-state index < -0.39 is 0 Å². The molecule has 1 aromatic carbocycles. The van der Waals surface area contributed by atoms with E-state index in [-0.39, 0.29) is 11.7 Å². The Kier molecular flexibility index (Phi) is 5.75. The smallest absolute Gasteiger partial charge is 0.282 e. The van der Waals surface area contributed by atoms with Gasteiger partial charge in [-0.1, -0.05) is 37.3 Å². The summed E-state index contributed by atoms with van der Waals surface area (Å²) in [5, 5.41) is 12.2. The highest BCUT2D eigenvalue weighted by Gasteiger charge is 2.23. The van der Waals surface area contributed by atoms with Gasteiger partial charge in [-0.25, -0.2) is 4.39 Å². The molecule has 5 nitrogen and oxygen atoms in total. The molecule has 0 radical (unpaired) electrons. The van der Waals surface area contributed by atoms with Crippen molar-refractivity contribution in [1.29, 1.82) is 0 Å². The van der Waals surface area contributed by atoms with Gasteiger partial charge in [-0.3, -0.25) is 9.69 Å². The Balaban J connectivity index is 1.53.